The summed E-state index contributed by atoms with van der Waals surface area (Å²) in [6, 6.07) is 10.9. The highest BCUT2D eigenvalue weighted by molar-refractivity contribution is 7.89. The van der Waals surface area contributed by atoms with Crippen molar-refractivity contribution in [2.75, 3.05) is 0 Å². The fourth-order valence-electron chi connectivity index (χ4n) is 2.11. The second-order valence-electron chi connectivity index (χ2n) is 5.49. The molecule has 0 heterocycles. The Labute approximate surface area is 150 Å². The number of nitro benzene ring substituents is 1. The Morgan fingerprint density at radius 2 is 1.81 bits per heavy atom. The number of amides is 1. The van der Waals surface area contributed by atoms with Gasteiger partial charge in [0.25, 0.3) is 21.6 Å². The molecule has 8 nitrogen and oxygen atoms in total. The van der Waals surface area contributed by atoms with E-state index in [-0.39, 0.29) is 10.6 Å². The van der Waals surface area contributed by atoms with E-state index in [0.29, 0.717) is 5.56 Å². The van der Waals surface area contributed by atoms with Crippen LogP contribution in [-0.4, -0.2) is 19.2 Å². The topological polar surface area (TPSA) is 118 Å². The molecule has 0 spiro atoms. The van der Waals surface area contributed by atoms with Crippen LogP contribution in [0.2, 0.25) is 0 Å². The van der Waals surface area contributed by atoms with Crippen molar-refractivity contribution in [1.29, 1.82) is 0 Å². The summed E-state index contributed by atoms with van der Waals surface area (Å²) < 4.78 is 24.4. The van der Waals surface area contributed by atoms with Crippen LogP contribution >= 0.6 is 0 Å². The number of hydrazine groups is 1. The first kappa shape index (κ1) is 19.3. The second-order valence-corrected chi connectivity index (χ2v) is 7.17. The fraction of sp³-hybridized carbons (Fsp3) is 0.118. The molecule has 0 atom stereocenters. The molecule has 0 aromatic heterocycles. The number of sulfonamides is 1. The molecule has 26 heavy (non-hydrogen) atoms. The van der Waals surface area contributed by atoms with Crippen molar-refractivity contribution in [2.24, 2.45) is 0 Å². The first-order chi connectivity index (χ1) is 12.2. The number of rotatable bonds is 6. The van der Waals surface area contributed by atoms with Gasteiger partial charge in [-0.05, 0) is 37.1 Å². The zero-order valence-corrected chi connectivity index (χ0v) is 14.9. The minimum absolute atomic E-state index is 0.321. The Hall–Kier alpha value is -3.04. The molecular weight excluding hydrogens is 358 g/mol. The first-order valence-corrected chi connectivity index (χ1v) is 8.99. The van der Waals surface area contributed by atoms with Crippen LogP contribution in [0.4, 0.5) is 5.69 Å². The smallest absolute Gasteiger partial charge is 0.273 e. The number of aryl methyl sites for hydroxylation is 2. The van der Waals surface area contributed by atoms with Crippen molar-refractivity contribution >= 4 is 27.7 Å². The highest BCUT2D eigenvalue weighted by Gasteiger charge is 2.20. The largest absolute Gasteiger partial charge is 0.274 e. The first-order valence-electron chi connectivity index (χ1n) is 7.51. The average Bonchev–Trinajstić information content (AvgIpc) is 2.59. The van der Waals surface area contributed by atoms with Crippen LogP contribution in [0.3, 0.4) is 0 Å². The van der Waals surface area contributed by atoms with Crippen molar-refractivity contribution in [3.8, 4) is 0 Å². The van der Waals surface area contributed by atoms with Crippen LogP contribution in [0.15, 0.2) is 53.4 Å². The van der Waals surface area contributed by atoms with E-state index in [4.69, 9.17) is 0 Å². The van der Waals surface area contributed by atoms with E-state index < -0.39 is 20.9 Å². The summed E-state index contributed by atoms with van der Waals surface area (Å²) in [5, 5.41) is 10.9. The Kier molecular flexibility index (Phi) is 5.86. The van der Waals surface area contributed by atoms with Crippen LogP contribution in [0.1, 0.15) is 16.7 Å². The number of nitro groups is 1. The highest BCUT2D eigenvalue weighted by Crippen LogP contribution is 2.21. The predicted molar refractivity (Wildman–Crippen MR) is 96.5 cm³/mol. The summed E-state index contributed by atoms with van der Waals surface area (Å²) in [5.41, 5.74) is 3.83. The van der Waals surface area contributed by atoms with Gasteiger partial charge in [0, 0.05) is 17.7 Å². The molecule has 0 fully saturated rings. The molecule has 0 unspecified atom stereocenters. The van der Waals surface area contributed by atoms with Crippen LogP contribution in [0.5, 0.6) is 0 Å². The Morgan fingerprint density at radius 1 is 1.12 bits per heavy atom. The molecule has 136 valence electrons. The lowest BCUT2D eigenvalue weighted by Crippen LogP contribution is -2.40. The zero-order valence-electron chi connectivity index (χ0n) is 14.1. The lowest BCUT2D eigenvalue weighted by atomic mass is 10.1. The van der Waals surface area contributed by atoms with Gasteiger partial charge in [-0.1, -0.05) is 30.3 Å². The van der Waals surface area contributed by atoms with Crippen molar-refractivity contribution in [3.05, 3.63) is 75.3 Å². The Bertz CT molecular complexity index is 984. The summed E-state index contributed by atoms with van der Waals surface area (Å²) in [4.78, 5) is 23.6. The minimum Gasteiger partial charge on any atom is -0.274 e. The van der Waals surface area contributed by atoms with Crippen LogP contribution in [0, 0.1) is 24.0 Å². The number of nitrogens with one attached hydrogen (secondary N) is 2. The van der Waals surface area contributed by atoms with Crippen LogP contribution < -0.4 is 10.3 Å². The maximum Gasteiger partial charge on any atom is 0.273 e. The van der Waals surface area contributed by atoms with Gasteiger partial charge in [0.1, 0.15) is 0 Å². The normalized spacial score (nSPS) is 11.5. The van der Waals surface area contributed by atoms with Gasteiger partial charge in [-0.2, -0.15) is 0 Å². The zero-order chi connectivity index (χ0) is 19.3. The molecule has 0 saturated carbocycles. The number of hydrogen-bond acceptors (Lipinski definition) is 5. The third kappa shape index (κ3) is 4.74. The standard InChI is InChI=1S/C17H17N3O5S/c1-12-5-3-4-6-14(12)8-10-17(21)18-19-26(24,25)15-9-7-13(2)16(11-15)20(22)23/h3-11,19H,1-2H3,(H,18,21)/b10-8+. The van der Waals surface area contributed by atoms with Crippen LogP contribution in [-0.2, 0) is 14.8 Å². The molecule has 2 rings (SSSR count). The monoisotopic (exact) mass is 375 g/mol. The maximum atomic E-state index is 12.2. The van der Waals surface area contributed by atoms with Gasteiger partial charge < -0.3 is 0 Å². The van der Waals surface area contributed by atoms with E-state index in [2.05, 4.69) is 0 Å². The SMILES string of the molecule is Cc1ccccc1/C=C/C(=O)NNS(=O)(=O)c1ccc(C)c([N+](=O)[O-])c1. The van der Waals surface area contributed by atoms with Gasteiger partial charge >= 0.3 is 0 Å². The number of benzene rings is 2. The average molecular weight is 375 g/mol. The van der Waals surface area contributed by atoms with E-state index in [1.807, 2.05) is 41.4 Å². The number of nitrogens with zero attached hydrogens (tertiary/aromatic N) is 1. The Balaban J connectivity index is 2.08. The quantitative estimate of drug-likeness (QED) is 0.456. The summed E-state index contributed by atoms with van der Waals surface area (Å²) in [7, 11) is -4.14. The molecule has 0 aliphatic rings. The van der Waals surface area contributed by atoms with Crippen LogP contribution in [0.25, 0.3) is 6.08 Å². The number of carbonyl (C=O) groups excluding carboxylic acids is 1. The predicted octanol–water partition coefficient (Wildman–Crippen LogP) is 2.23. The van der Waals surface area contributed by atoms with Gasteiger partial charge in [0.2, 0.25) is 0 Å². The molecule has 0 aliphatic carbocycles. The van der Waals surface area contributed by atoms with Gasteiger partial charge in [-0.15, -0.1) is 4.83 Å². The van der Waals surface area contributed by atoms with Crippen molar-refractivity contribution < 1.29 is 18.1 Å². The molecule has 2 N–H and O–H groups in total. The molecule has 2 aromatic carbocycles. The summed E-state index contributed by atoms with van der Waals surface area (Å²) in [6.45, 7) is 3.38. The molecule has 0 bridgehead atoms. The Morgan fingerprint density at radius 3 is 2.46 bits per heavy atom. The van der Waals surface area contributed by atoms with E-state index in [1.165, 1.54) is 25.1 Å². The third-order valence-corrected chi connectivity index (χ3v) is 4.84. The van der Waals surface area contributed by atoms with Crippen molar-refractivity contribution in [1.82, 2.24) is 10.3 Å². The molecule has 0 saturated heterocycles. The molecule has 2 aromatic rings. The van der Waals surface area contributed by atoms with E-state index in [1.54, 1.807) is 6.08 Å². The summed E-state index contributed by atoms with van der Waals surface area (Å²) in [6.07, 6.45) is 2.73. The molecule has 0 radical (unpaired) electrons. The van der Waals surface area contributed by atoms with Gasteiger partial charge in [0.05, 0.1) is 9.82 Å². The molecular formula is C17H17N3O5S. The summed E-state index contributed by atoms with van der Waals surface area (Å²) >= 11 is 0. The third-order valence-electron chi connectivity index (χ3n) is 3.60. The van der Waals surface area contributed by atoms with E-state index in [9.17, 15) is 23.3 Å². The number of hydrogen-bond donors (Lipinski definition) is 2. The van der Waals surface area contributed by atoms with Gasteiger partial charge in [-0.3, -0.25) is 20.3 Å². The molecule has 9 heteroatoms. The highest BCUT2D eigenvalue weighted by atomic mass is 32.2. The molecule has 0 aliphatic heterocycles. The van der Waals surface area contributed by atoms with Gasteiger partial charge in [0.15, 0.2) is 0 Å². The lowest BCUT2D eigenvalue weighted by Gasteiger charge is -2.07. The van der Waals surface area contributed by atoms with E-state index in [0.717, 1.165) is 17.2 Å². The van der Waals surface area contributed by atoms with E-state index >= 15 is 0 Å². The fourth-order valence-corrected chi connectivity index (χ4v) is 2.98. The number of carbonyl (C=O) groups is 1. The molecule has 1 amide bonds. The second kappa shape index (κ2) is 7.89. The van der Waals surface area contributed by atoms with Crippen molar-refractivity contribution in [3.63, 3.8) is 0 Å². The van der Waals surface area contributed by atoms with Gasteiger partial charge in [-0.25, -0.2) is 8.42 Å². The minimum atomic E-state index is -4.14. The maximum absolute atomic E-state index is 12.2. The summed E-state index contributed by atoms with van der Waals surface area (Å²) in [5.74, 6) is -0.682. The lowest BCUT2D eigenvalue weighted by molar-refractivity contribution is -0.385. The van der Waals surface area contributed by atoms with Crippen molar-refractivity contribution in [2.45, 2.75) is 18.7 Å².